The van der Waals surface area contributed by atoms with Crippen molar-refractivity contribution < 1.29 is 4.79 Å². The zero-order valence-corrected chi connectivity index (χ0v) is 12.2. The van der Waals surface area contributed by atoms with Crippen LogP contribution in [0, 0.1) is 16.7 Å². The molecule has 17 heavy (non-hydrogen) atoms. The minimum Gasteiger partial charge on any atom is -0.321 e. The Labute approximate surface area is 106 Å². The van der Waals surface area contributed by atoms with E-state index in [9.17, 15) is 4.79 Å². The number of carbonyl (C=O) groups is 1. The maximum absolute atomic E-state index is 12.1. The summed E-state index contributed by atoms with van der Waals surface area (Å²) in [4.78, 5) is 12.1. The highest BCUT2D eigenvalue weighted by atomic mass is 16.1. The van der Waals surface area contributed by atoms with Crippen molar-refractivity contribution in [1.29, 1.82) is 0 Å². The van der Waals surface area contributed by atoms with Gasteiger partial charge in [0.1, 0.15) is 0 Å². The van der Waals surface area contributed by atoms with Gasteiger partial charge in [-0.3, -0.25) is 4.79 Å². The van der Waals surface area contributed by atoms with Crippen molar-refractivity contribution in [1.82, 2.24) is 0 Å². The lowest BCUT2D eigenvalue weighted by Crippen LogP contribution is -2.43. The van der Waals surface area contributed by atoms with Crippen LogP contribution in [0.2, 0.25) is 0 Å². The van der Waals surface area contributed by atoms with Crippen LogP contribution in [0.15, 0.2) is 0 Å². The number of carbonyl (C=O) groups excluding carboxylic acids is 1. The Morgan fingerprint density at radius 2 is 1.65 bits per heavy atom. The molecule has 1 atom stereocenters. The molecule has 1 rings (SSSR count). The van der Waals surface area contributed by atoms with Gasteiger partial charge in [-0.25, -0.2) is 0 Å². The monoisotopic (exact) mass is 239 g/mol. The highest BCUT2D eigenvalue weighted by Crippen LogP contribution is 2.42. The van der Waals surface area contributed by atoms with E-state index >= 15 is 0 Å². The molecule has 1 aliphatic carbocycles. The molecule has 2 heteroatoms. The van der Waals surface area contributed by atoms with E-state index in [1.807, 2.05) is 20.8 Å². The summed E-state index contributed by atoms with van der Waals surface area (Å²) in [6, 6.07) is -0.300. The number of hydrogen-bond donors (Lipinski definition) is 1. The second-order valence-electron chi connectivity index (χ2n) is 7.39. The van der Waals surface area contributed by atoms with Gasteiger partial charge in [0, 0.05) is 5.41 Å². The van der Waals surface area contributed by atoms with Gasteiger partial charge in [-0.15, -0.1) is 0 Å². The summed E-state index contributed by atoms with van der Waals surface area (Å²) in [5.74, 6) is 0.949. The summed E-state index contributed by atoms with van der Waals surface area (Å²) >= 11 is 0. The molecule has 1 aliphatic rings. The van der Waals surface area contributed by atoms with Crippen LogP contribution in [0.5, 0.6) is 0 Å². The van der Waals surface area contributed by atoms with Gasteiger partial charge in [0.15, 0.2) is 5.78 Å². The molecule has 100 valence electrons. The maximum Gasteiger partial charge on any atom is 0.154 e. The largest absolute Gasteiger partial charge is 0.321 e. The third kappa shape index (κ3) is 3.80. The maximum atomic E-state index is 12.1. The third-order valence-corrected chi connectivity index (χ3v) is 4.28. The summed E-state index contributed by atoms with van der Waals surface area (Å²) in [5.41, 5.74) is 6.00. The van der Waals surface area contributed by atoms with Crippen LogP contribution >= 0.6 is 0 Å². The Morgan fingerprint density at radius 3 is 2.06 bits per heavy atom. The molecule has 2 N–H and O–H groups in total. The van der Waals surface area contributed by atoms with Crippen LogP contribution in [0.3, 0.4) is 0 Å². The summed E-state index contributed by atoms with van der Waals surface area (Å²) in [5, 5.41) is 0. The normalized spacial score (nSPS) is 20.6. The fourth-order valence-electron chi connectivity index (χ4n) is 3.09. The van der Waals surface area contributed by atoms with Gasteiger partial charge in [0.25, 0.3) is 0 Å². The number of Topliss-reactive ketones (excluding diaryl/α,β-unsaturated/α-hetero) is 1. The standard InChI is InChI=1S/C15H29NO/c1-14(2,3)13(17)12(16)10-15(4,5)11-8-6-7-9-11/h11-12H,6-10,16H2,1-5H3. The lowest BCUT2D eigenvalue weighted by Gasteiger charge is -2.35. The smallest absolute Gasteiger partial charge is 0.154 e. The Bertz CT molecular complexity index is 269. The van der Waals surface area contributed by atoms with Gasteiger partial charge in [-0.2, -0.15) is 0 Å². The van der Waals surface area contributed by atoms with E-state index < -0.39 is 0 Å². The zero-order valence-electron chi connectivity index (χ0n) is 12.2. The summed E-state index contributed by atoms with van der Waals surface area (Å²) in [7, 11) is 0. The quantitative estimate of drug-likeness (QED) is 0.815. The second kappa shape index (κ2) is 5.09. The molecule has 0 heterocycles. The van der Waals surface area contributed by atoms with Crippen LogP contribution in [-0.2, 0) is 4.79 Å². The molecule has 0 radical (unpaired) electrons. The zero-order chi connectivity index (χ0) is 13.3. The number of hydrogen-bond acceptors (Lipinski definition) is 2. The lowest BCUT2D eigenvalue weighted by atomic mass is 9.71. The van der Waals surface area contributed by atoms with E-state index in [1.165, 1.54) is 25.7 Å². The number of nitrogens with two attached hydrogens (primary N) is 1. The molecule has 0 aromatic heterocycles. The molecule has 0 aliphatic heterocycles. The average molecular weight is 239 g/mol. The van der Waals surface area contributed by atoms with Crippen molar-refractivity contribution in [3.8, 4) is 0 Å². The molecule has 0 aromatic carbocycles. The first kappa shape index (κ1) is 14.7. The average Bonchev–Trinajstić information content (AvgIpc) is 2.67. The molecule has 1 saturated carbocycles. The molecule has 0 bridgehead atoms. The van der Waals surface area contributed by atoms with Crippen molar-refractivity contribution in [3.05, 3.63) is 0 Å². The van der Waals surface area contributed by atoms with Gasteiger partial charge < -0.3 is 5.73 Å². The number of ketones is 1. The van der Waals surface area contributed by atoms with Crippen LogP contribution in [0.1, 0.15) is 66.7 Å². The first-order valence-corrected chi connectivity index (χ1v) is 6.94. The van der Waals surface area contributed by atoms with Crippen LogP contribution < -0.4 is 5.73 Å². The topological polar surface area (TPSA) is 43.1 Å². The van der Waals surface area contributed by atoms with E-state index in [2.05, 4.69) is 13.8 Å². The van der Waals surface area contributed by atoms with Crippen molar-refractivity contribution in [2.45, 2.75) is 72.8 Å². The summed E-state index contributed by atoms with van der Waals surface area (Å²) < 4.78 is 0. The second-order valence-corrected chi connectivity index (χ2v) is 7.39. The predicted molar refractivity (Wildman–Crippen MR) is 72.8 cm³/mol. The third-order valence-electron chi connectivity index (χ3n) is 4.28. The summed E-state index contributed by atoms with van der Waals surface area (Å²) in [6.07, 6.45) is 6.13. The van der Waals surface area contributed by atoms with Gasteiger partial charge in [-0.1, -0.05) is 47.5 Å². The predicted octanol–water partition coefficient (Wildman–Crippen LogP) is 3.54. The molecule has 1 fully saturated rings. The lowest BCUT2D eigenvalue weighted by molar-refractivity contribution is -0.128. The molecule has 0 saturated heterocycles. The van der Waals surface area contributed by atoms with Crippen LogP contribution in [-0.4, -0.2) is 11.8 Å². The van der Waals surface area contributed by atoms with E-state index in [4.69, 9.17) is 5.73 Å². The molecule has 0 spiro atoms. The Kier molecular flexibility index (Phi) is 4.40. The minimum atomic E-state index is -0.314. The van der Waals surface area contributed by atoms with Crippen molar-refractivity contribution in [2.75, 3.05) is 0 Å². The van der Waals surface area contributed by atoms with E-state index in [0.717, 1.165) is 12.3 Å². The Balaban J connectivity index is 2.60. The van der Waals surface area contributed by atoms with Gasteiger partial charge in [0.2, 0.25) is 0 Å². The first-order valence-electron chi connectivity index (χ1n) is 6.94. The van der Waals surface area contributed by atoms with E-state index in [1.54, 1.807) is 0 Å². The molecular weight excluding hydrogens is 210 g/mol. The SMILES string of the molecule is CC(C)(C)C(=O)C(N)CC(C)(C)C1CCCC1. The fraction of sp³-hybridized carbons (Fsp3) is 0.933. The molecule has 0 aromatic rings. The van der Waals surface area contributed by atoms with Crippen molar-refractivity contribution in [2.24, 2.45) is 22.5 Å². The number of rotatable bonds is 4. The Morgan fingerprint density at radius 1 is 1.18 bits per heavy atom. The highest BCUT2D eigenvalue weighted by molar-refractivity contribution is 5.88. The molecule has 1 unspecified atom stereocenters. The fourth-order valence-corrected chi connectivity index (χ4v) is 3.09. The minimum absolute atomic E-state index is 0.198. The molecule has 2 nitrogen and oxygen atoms in total. The van der Waals surface area contributed by atoms with Gasteiger partial charge in [-0.05, 0) is 30.6 Å². The molecular formula is C15H29NO. The van der Waals surface area contributed by atoms with Gasteiger partial charge in [0.05, 0.1) is 6.04 Å². The van der Waals surface area contributed by atoms with E-state index in [-0.39, 0.29) is 22.7 Å². The first-order chi connectivity index (χ1) is 7.64. The van der Waals surface area contributed by atoms with Crippen LogP contribution in [0.4, 0.5) is 0 Å². The van der Waals surface area contributed by atoms with Crippen LogP contribution in [0.25, 0.3) is 0 Å². The van der Waals surface area contributed by atoms with E-state index in [0.29, 0.717) is 0 Å². The molecule has 0 amide bonds. The summed E-state index contributed by atoms with van der Waals surface area (Å²) in [6.45, 7) is 10.4. The van der Waals surface area contributed by atoms with Gasteiger partial charge >= 0.3 is 0 Å². The van der Waals surface area contributed by atoms with Crippen molar-refractivity contribution in [3.63, 3.8) is 0 Å². The Hall–Kier alpha value is -0.370. The highest BCUT2D eigenvalue weighted by Gasteiger charge is 2.36. The van der Waals surface area contributed by atoms with Crippen molar-refractivity contribution >= 4 is 5.78 Å².